The van der Waals surface area contributed by atoms with Gasteiger partial charge < -0.3 is 11.1 Å². The zero-order valence-corrected chi connectivity index (χ0v) is 10.6. The Morgan fingerprint density at radius 2 is 1.90 bits per heavy atom. The molecular weight excluding hydrogens is 298 g/mol. The third-order valence-corrected chi connectivity index (χ3v) is 2.64. The highest BCUT2D eigenvalue weighted by molar-refractivity contribution is 6.30. The SMILES string of the molecule is Nc1cc(Cl)cnc1Nc1cc(C(F)(F)F)ccc1F. The molecule has 0 aliphatic rings. The van der Waals surface area contributed by atoms with Gasteiger partial charge in [0.1, 0.15) is 5.82 Å². The number of alkyl halides is 3. The van der Waals surface area contributed by atoms with E-state index in [1.807, 2.05) is 0 Å². The number of benzene rings is 1. The van der Waals surface area contributed by atoms with E-state index in [1.165, 1.54) is 12.3 Å². The molecular formula is C12H8ClF4N3. The van der Waals surface area contributed by atoms with Gasteiger partial charge in [0.15, 0.2) is 5.82 Å². The molecule has 0 bridgehead atoms. The summed E-state index contributed by atoms with van der Waals surface area (Å²) in [6, 6.07) is 3.36. The summed E-state index contributed by atoms with van der Waals surface area (Å²) >= 11 is 5.64. The van der Waals surface area contributed by atoms with Crippen molar-refractivity contribution in [3.63, 3.8) is 0 Å². The molecule has 0 saturated heterocycles. The molecule has 0 radical (unpaired) electrons. The molecule has 20 heavy (non-hydrogen) atoms. The number of hydrogen-bond donors (Lipinski definition) is 2. The van der Waals surface area contributed by atoms with E-state index in [2.05, 4.69) is 10.3 Å². The van der Waals surface area contributed by atoms with Crippen molar-refractivity contribution < 1.29 is 17.6 Å². The first-order chi connectivity index (χ1) is 9.27. The number of hydrogen-bond acceptors (Lipinski definition) is 3. The fraction of sp³-hybridized carbons (Fsp3) is 0.0833. The predicted molar refractivity (Wildman–Crippen MR) is 68.3 cm³/mol. The van der Waals surface area contributed by atoms with Gasteiger partial charge in [0, 0.05) is 6.20 Å². The summed E-state index contributed by atoms with van der Waals surface area (Å²) in [6.45, 7) is 0. The van der Waals surface area contributed by atoms with Crippen molar-refractivity contribution in [2.75, 3.05) is 11.1 Å². The first kappa shape index (κ1) is 14.4. The quantitative estimate of drug-likeness (QED) is 0.817. The topological polar surface area (TPSA) is 50.9 Å². The van der Waals surface area contributed by atoms with Crippen molar-refractivity contribution in [3.05, 3.63) is 46.9 Å². The summed E-state index contributed by atoms with van der Waals surface area (Å²) in [5.74, 6) is -0.832. The maximum Gasteiger partial charge on any atom is 0.416 e. The first-order valence-electron chi connectivity index (χ1n) is 5.32. The molecule has 0 amide bonds. The summed E-state index contributed by atoms with van der Waals surface area (Å²) in [5, 5.41) is 2.67. The normalized spacial score (nSPS) is 11.4. The molecule has 3 N–H and O–H groups in total. The van der Waals surface area contributed by atoms with Gasteiger partial charge in [-0.05, 0) is 24.3 Å². The van der Waals surface area contributed by atoms with Crippen LogP contribution >= 0.6 is 11.6 Å². The van der Waals surface area contributed by atoms with Crippen molar-refractivity contribution in [1.29, 1.82) is 0 Å². The fourth-order valence-electron chi connectivity index (χ4n) is 1.48. The lowest BCUT2D eigenvalue weighted by molar-refractivity contribution is -0.137. The number of nitrogens with zero attached hydrogens (tertiary/aromatic N) is 1. The smallest absolute Gasteiger partial charge is 0.396 e. The Labute approximate surface area is 116 Å². The van der Waals surface area contributed by atoms with Gasteiger partial charge in [-0.1, -0.05) is 11.6 Å². The first-order valence-corrected chi connectivity index (χ1v) is 5.70. The number of rotatable bonds is 2. The minimum Gasteiger partial charge on any atom is -0.396 e. The van der Waals surface area contributed by atoms with Crippen LogP contribution in [0, 0.1) is 5.82 Å². The van der Waals surface area contributed by atoms with E-state index in [0.717, 1.165) is 6.07 Å². The lowest BCUT2D eigenvalue weighted by Gasteiger charge is -2.12. The molecule has 0 atom stereocenters. The van der Waals surface area contributed by atoms with Crippen LogP contribution in [-0.2, 0) is 6.18 Å². The Balaban J connectivity index is 2.38. The van der Waals surface area contributed by atoms with Crippen LogP contribution in [0.1, 0.15) is 5.56 Å². The van der Waals surface area contributed by atoms with Crippen LogP contribution in [0.25, 0.3) is 0 Å². The molecule has 0 aliphatic carbocycles. The molecule has 8 heteroatoms. The van der Waals surface area contributed by atoms with Gasteiger partial charge in [-0.15, -0.1) is 0 Å². The van der Waals surface area contributed by atoms with Gasteiger partial charge in [-0.3, -0.25) is 0 Å². The van der Waals surface area contributed by atoms with Crippen molar-refractivity contribution in [1.82, 2.24) is 4.98 Å². The number of pyridine rings is 1. The van der Waals surface area contributed by atoms with Crippen LogP contribution in [0.5, 0.6) is 0 Å². The molecule has 0 aliphatic heterocycles. The molecule has 106 valence electrons. The van der Waals surface area contributed by atoms with Gasteiger partial charge >= 0.3 is 6.18 Å². The molecule has 1 heterocycles. The average Bonchev–Trinajstić information content (AvgIpc) is 2.33. The van der Waals surface area contributed by atoms with E-state index < -0.39 is 17.6 Å². The maximum atomic E-state index is 13.5. The monoisotopic (exact) mass is 305 g/mol. The number of nitrogen functional groups attached to an aromatic ring is 1. The van der Waals surface area contributed by atoms with Crippen LogP contribution in [0.4, 0.5) is 34.8 Å². The zero-order chi connectivity index (χ0) is 14.9. The zero-order valence-electron chi connectivity index (χ0n) is 9.80. The Kier molecular flexibility index (Phi) is 3.71. The van der Waals surface area contributed by atoms with Gasteiger partial charge in [0.25, 0.3) is 0 Å². The van der Waals surface area contributed by atoms with Crippen molar-refractivity contribution in [2.45, 2.75) is 6.18 Å². The predicted octanol–water partition coefficient (Wildman–Crippen LogP) is 4.22. The molecule has 0 unspecified atom stereocenters. The molecule has 0 saturated carbocycles. The van der Waals surface area contributed by atoms with Crippen LogP contribution in [0.2, 0.25) is 5.02 Å². The lowest BCUT2D eigenvalue weighted by atomic mass is 10.2. The summed E-state index contributed by atoms with van der Waals surface area (Å²) < 4.78 is 51.2. The number of halogens is 5. The maximum absolute atomic E-state index is 13.5. The largest absolute Gasteiger partial charge is 0.416 e. The Bertz CT molecular complexity index is 643. The minimum atomic E-state index is -4.57. The second kappa shape index (κ2) is 5.16. The highest BCUT2D eigenvalue weighted by atomic mass is 35.5. The standard InChI is InChI=1S/C12H8ClF4N3/c13-7-4-9(18)11(19-5-7)20-10-3-6(12(15,16)17)1-2-8(10)14/h1-5H,18H2,(H,19,20). The van der Waals surface area contributed by atoms with Crippen LogP contribution in [0.15, 0.2) is 30.5 Å². The third kappa shape index (κ3) is 3.11. The third-order valence-electron chi connectivity index (χ3n) is 2.43. The van der Waals surface area contributed by atoms with Gasteiger partial charge in [-0.2, -0.15) is 13.2 Å². The molecule has 0 fully saturated rings. The molecule has 2 aromatic rings. The van der Waals surface area contributed by atoms with Crippen molar-refractivity contribution >= 4 is 28.8 Å². The van der Waals surface area contributed by atoms with E-state index in [4.69, 9.17) is 17.3 Å². The molecule has 1 aromatic carbocycles. The number of anilines is 3. The summed E-state index contributed by atoms with van der Waals surface area (Å²) in [6.07, 6.45) is -3.32. The lowest BCUT2D eigenvalue weighted by Crippen LogP contribution is -2.07. The number of aromatic nitrogens is 1. The van der Waals surface area contributed by atoms with Gasteiger partial charge in [0.05, 0.1) is 22.0 Å². The highest BCUT2D eigenvalue weighted by Gasteiger charge is 2.31. The Morgan fingerprint density at radius 3 is 2.50 bits per heavy atom. The van der Waals surface area contributed by atoms with E-state index in [9.17, 15) is 17.6 Å². The van der Waals surface area contributed by atoms with E-state index >= 15 is 0 Å². The van der Waals surface area contributed by atoms with Crippen LogP contribution in [0.3, 0.4) is 0 Å². The number of nitrogens with two attached hydrogens (primary N) is 1. The van der Waals surface area contributed by atoms with Crippen molar-refractivity contribution in [3.8, 4) is 0 Å². The second-order valence-electron chi connectivity index (χ2n) is 3.91. The minimum absolute atomic E-state index is 0.0209. The highest BCUT2D eigenvalue weighted by Crippen LogP contribution is 2.33. The number of nitrogens with one attached hydrogen (secondary N) is 1. The summed E-state index contributed by atoms with van der Waals surface area (Å²) in [4.78, 5) is 3.79. The van der Waals surface area contributed by atoms with Crippen LogP contribution in [-0.4, -0.2) is 4.98 Å². The van der Waals surface area contributed by atoms with Crippen molar-refractivity contribution in [2.24, 2.45) is 0 Å². The van der Waals surface area contributed by atoms with Crippen LogP contribution < -0.4 is 11.1 Å². The molecule has 1 aromatic heterocycles. The van der Waals surface area contributed by atoms with E-state index in [-0.39, 0.29) is 22.2 Å². The second-order valence-corrected chi connectivity index (χ2v) is 4.35. The fourth-order valence-corrected chi connectivity index (χ4v) is 1.65. The van der Waals surface area contributed by atoms with E-state index in [1.54, 1.807) is 0 Å². The summed E-state index contributed by atoms with van der Waals surface area (Å²) in [7, 11) is 0. The summed E-state index contributed by atoms with van der Waals surface area (Å²) in [5.41, 5.74) is 4.33. The molecule has 3 nitrogen and oxygen atoms in total. The van der Waals surface area contributed by atoms with Gasteiger partial charge in [0.2, 0.25) is 0 Å². The average molecular weight is 306 g/mol. The Morgan fingerprint density at radius 1 is 1.20 bits per heavy atom. The van der Waals surface area contributed by atoms with E-state index in [0.29, 0.717) is 12.1 Å². The molecule has 0 spiro atoms. The Hall–Kier alpha value is -2.02. The van der Waals surface area contributed by atoms with Gasteiger partial charge in [-0.25, -0.2) is 9.37 Å². The molecule has 2 rings (SSSR count).